The normalized spacial score (nSPS) is 22.8. The average Bonchev–Trinajstić information content (AvgIpc) is 3.45. The van der Waals surface area contributed by atoms with Gasteiger partial charge in [0.25, 0.3) is 5.95 Å². The number of benzene rings is 1. The van der Waals surface area contributed by atoms with Crippen molar-refractivity contribution < 1.29 is 8.78 Å². The Hall–Kier alpha value is -3.62. The molecule has 1 fully saturated rings. The van der Waals surface area contributed by atoms with Crippen LogP contribution in [-0.2, 0) is 5.41 Å². The van der Waals surface area contributed by atoms with Crippen molar-refractivity contribution in [2.75, 3.05) is 0 Å². The average molecular weight is 431 g/mol. The minimum absolute atomic E-state index is 0.147. The van der Waals surface area contributed by atoms with Crippen LogP contribution in [0.1, 0.15) is 49.6 Å². The van der Waals surface area contributed by atoms with E-state index in [-0.39, 0.29) is 22.6 Å². The molecule has 0 N–H and O–H groups in total. The van der Waals surface area contributed by atoms with Crippen molar-refractivity contribution >= 4 is 0 Å². The van der Waals surface area contributed by atoms with Crippen LogP contribution >= 0.6 is 0 Å². The zero-order valence-corrected chi connectivity index (χ0v) is 17.5. The van der Waals surface area contributed by atoms with E-state index < -0.39 is 17.0 Å². The van der Waals surface area contributed by atoms with Crippen molar-refractivity contribution in [2.24, 2.45) is 5.41 Å². The molecule has 2 aliphatic rings. The van der Waals surface area contributed by atoms with Gasteiger partial charge in [-0.25, -0.2) is 18.7 Å². The topological polar surface area (TPSA) is 82.3 Å². The van der Waals surface area contributed by atoms with Crippen molar-refractivity contribution in [3.63, 3.8) is 0 Å². The fourth-order valence-corrected chi connectivity index (χ4v) is 5.76. The van der Waals surface area contributed by atoms with Crippen LogP contribution in [0.2, 0.25) is 0 Å². The van der Waals surface area contributed by atoms with Gasteiger partial charge in [-0.05, 0) is 54.0 Å². The summed E-state index contributed by atoms with van der Waals surface area (Å²) < 4.78 is 28.8. The second-order valence-electron chi connectivity index (χ2n) is 8.91. The molecule has 0 saturated heterocycles. The van der Waals surface area contributed by atoms with E-state index in [1.54, 1.807) is 24.7 Å². The first kappa shape index (κ1) is 19.1. The molecule has 1 saturated carbocycles. The SMILES string of the molecule is CC1(C)[C@H]2CC[C@]1(c1ccnc(-n3nccn3)n1)c1nnc(-c3c(F)cccc3F)cc12. The molecular weight excluding hydrogens is 412 g/mol. The van der Waals surface area contributed by atoms with Gasteiger partial charge in [-0.2, -0.15) is 15.3 Å². The summed E-state index contributed by atoms with van der Waals surface area (Å²) in [6, 6.07) is 7.51. The van der Waals surface area contributed by atoms with Crippen molar-refractivity contribution in [1.29, 1.82) is 0 Å². The van der Waals surface area contributed by atoms with Crippen LogP contribution in [0, 0.1) is 17.0 Å². The minimum Gasteiger partial charge on any atom is -0.218 e. The highest BCUT2D eigenvalue weighted by Gasteiger charge is 2.65. The van der Waals surface area contributed by atoms with Gasteiger partial charge in [0.2, 0.25) is 0 Å². The maximum absolute atomic E-state index is 14.4. The maximum Gasteiger partial charge on any atom is 0.268 e. The molecule has 2 atom stereocenters. The van der Waals surface area contributed by atoms with E-state index in [9.17, 15) is 8.78 Å². The Labute approximate surface area is 182 Å². The number of halogens is 2. The molecule has 0 spiro atoms. The number of hydrogen-bond donors (Lipinski definition) is 0. The molecule has 0 aliphatic heterocycles. The van der Waals surface area contributed by atoms with Crippen LogP contribution in [0.3, 0.4) is 0 Å². The Morgan fingerprint density at radius 3 is 2.50 bits per heavy atom. The van der Waals surface area contributed by atoms with Gasteiger partial charge in [0.15, 0.2) is 0 Å². The summed E-state index contributed by atoms with van der Waals surface area (Å²) in [7, 11) is 0. The number of fused-ring (bicyclic) bond motifs is 5. The largest absolute Gasteiger partial charge is 0.268 e. The summed E-state index contributed by atoms with van der Waals surface area (Å²) in [6.45, 7) is 4.40. The van der Waals surface area contributed by atoms with Gasteiger partial charge in [0, 0.05) is 6.20 Å². The van der Waals surface area contributed by atoms with Crippen LogP contribution < -0.4 is 0 Å². The lowest BCUT2D eigenvalue weighted by molar-refractivity contribution is 0.242. The Morgan fingerprint density at radius 2 is 1.75 bits per heavy atom. The Kier molecular flexibility index (Phi) is 3.84. The zero-order valence-electron chi connectivity index (χ0n) is 17.5. The molecule has 3 heterocycles. The number of aromatic nitrogens is 7. The first-order valence-corrected chi connectivity index (χ1v) is 10.5. The van der Waals surface area contributed by atoms with Gasteiger partial charge in [0.1, 0.15) is 11.6 Å². The van der Waals surface area contributed by atoms with Crippen molar-refractivity contribution in [2.45, 2.75) is 38.0 Å². The molecule has 160 valence electrons. The fourth-order valence-electron chi connectivity index (χ4n) is 5.76. The van der Waals surface area contributed by atoms with Crippen LogP contribution in [0.25, 0.3) is 17.2 Å². The second kappa shape index (κ2) is 6.44. The van der Waals surface area contributed by atoms with Crippen LogP contribution in [0.4, 0.5) is 8.78 Å². The number of rotatable bonds is 3. The van der Waals surface area contributed by atoms with Gasteiger partial charge in [-0.3, -0.25) is 0 Å². The molecule has 0 radical (unpaired) electrons. The third kappa shape index (κ3) is 2.33. The van der Waals surface area contributed by atoms with E-state index in [0.717, 1.165) is 29.8 Å². The van der Waals surface area contributed by atoms with Gasteiger partial charge in [-0.15, -0.1) is 9.90 Å². The second-order valence-corrected chi connectivity index (χ2v) is 8.91. The summed E-state index contributed by atoms with van der Waals surface area (Å²) in [6.07, 6.45) is 6.62. The van der Waals surface area contributed by atoms with Crippen molar-refractivity contribution in [1.82, 2.24) is 35.2 Å². The molecule has 2 aliphatic carbocycles. The summed E-state index contributed by atoms with van der Waals surface area (Å²) >= 11 is 0. The third-order valence-electron chi connectivity index (χ3n) is 7.28. The minimum atomic E-state index is -0.649. The summed E-state index contributed by atoms with van der Waals surface area (Å²) in [5, 5.41) is 17.1. The summed E-state index contributed by atoms with van der Waals surface area (Å²) in [5.74, 6) is -0.748. The quantitative estimate of drug-likeness (QED) is 0.488. The lowest BCUT2D eigenvalue weighted by Gasteiger charge is -2.37. The van der Waals surface area contributed by atoms with Crippen LogP contribution in [0.15, 0.2) is 48.9 Å². The van der Waals surface area contributed by atoms with E-state index in [4.69, 9.17) is 4.98 Å². The molecule has 32 heavy (non-hydrogen) atoms. The zero-order chi connectivity index (χ0) is 22.1. The van der Waals surface area contributed by atoms with Crippen LogP contribution in [0.5, 0.6) is 0 Å². The first-order valence-electron chi connectivity index (χ1n) is 10.5. The van der Waals surface area contributed by atoms with Crippen LogP contribution in [-0.4, -0.2) is 35.2 Å². The van der Waals surface area contributed by atoms with E-state index >= 15 is 0 Å². The van der Waals surface area contributed by atoms with E-state index in [0.29, 0.717) is 5.95 Å². The Balaban J connectivity index is 1.54. The van der Waals surface area contributed by atoms with Gasteiger partial charge in [-0.1, -0.05) is 19.9 Å². The molecule has 1 aromatic carbocycles. The monoisotopic (exact) mass is 431 g/mol. The number of nitrogens with zero attached hydrogens (tertiary/aromatic N) is 7. The molecule has 0 unspecified atom stereocenters. The molecule has 6 rings (SSSR count). The smallest absolute Gasteiger partial charge is 0.218 e. The molecule has 9 heteroatoms. The molecular formula is C23H19F2N7. The van der Waals surface area contributed by atoms with Crippen molar-refractivity contribution in [3.8, 4) is 17.2 Å². The van der Waals surface area contributed by atoms with E-state index in [1.165, 1.54) is 23.0 Å². The summed E-state index contributed by atoms with van der Waals surface area (Å²) in [4.78, 5) is 10.5. The highest BCUT2D eigenvalue weighted by Crippen LogP contribution is 2.69. The van der Waals surface area contributed by atoms with Gasteiger partial charge < -0.3 is 0 Å². The lowest BCUT2D eigenvalue weighted by atomic mass is 9.66. The molecule has 4 aromatic rings. The Morgan fingerprint density at radius 1 is 1.00 bits per heavy atom. The summed E-state index contributed by atoms with van der Waals surface area (Å²) in [5.41, 5.74) is 1.97. The fraction of sp³-hybridized carbons (Fsp3) is 0.304. The predicted octanol–water partition coefficient (Wildman–Crippen LogP) is 4.00. The first-order chi connectivity index (χ1) is 15.4. The molecule has 7 nitrogen and oxygen atoms in total. The van der Waals surface area contributed by atoms with E-state index in [1.807, 2.05) is 6.07 Å². The van der Waals surface area contributed by atoms with Crippen molar-refractivity contribution in [3.05, 3.63) is 77.5 Å². The molecule has 0 amide bonds. The van der Waals surface area contributed by atoms with Gasteiger partial charge in [0.05, 0.1) is 40.5 Å². The molecule has 2 bridgehead atoms. The maximum atomic E-state index is 14.4. The highest BCUT2D eigenvalue weighted by molar-refractivity contribution is 5.64. The Bertz CT molecular complexity index is 1330. The standard InChI is InChI=1S/C23H19F2N7/c1-22(2)14-6-8-23(22,18-7-9-26-21(29-18)32-27-10-11-28-32)20-13(14)12-17(30-31-20)19-15(24)4-3-5-16(19)25/h3-5,7,9-12,14H,6,8H2,1-2H3/t14-,23-/m0/s1. The third-order valence-corrected chi connectivity index (χ3v) is 7.28. The molecule has 3 aromatic heterocycles. The lowest BCUT2D eigenvalue weighted by Crippen LogP contribution is -2.38. The highest BCUT2D eigenvalue weighted by atomic mass is 19.1. The van der Waals surface area contributed by atoms with Gasteiger partial charge >= 0.3 is 0 Å². The number of hydrogen-bond acceptors (Lipinski definition) is 6. The predicted molar refractivity (Wildman–Crippen MR) is 111 cm³/mol. The van der Waals surface area contributed by atoms with E-state index in [2.05, 4.69) is 39.2 Å².